The topological polar surface area (TPSA) is 102 Å². The molecule has 8 nitrogen and oxygen atoms in total. The fourth-order valence-electron chi connectivity index (χ4n) is 5.63. The minimum atomic E-state index is -1.46. The molecule has 3 aromatic carbocycles. The van der Waals surface area contributed by atoms with Crippen molar-refractivity contribution < 1.29 is 28.3 Å². The van der Waals surface area contributed by atoms with Gasteiger partial charge in [-0.05, 0) is 79.8 Å². The Balaban J connectivity index is 1.63. The second kappa shape index (κ2) is 15.0. The predicted molar refractivity (Wildman–Crippen MR) is 166 cm³/mol. The fraction of sp³-hybridized carbons (Fsp3) is 0.382. The number of benzene rings is 3. The second-order valence-electron chi connectivity index (χ2n) is 11.2. The van der Waals surface area contributed by atoms with E-state index in [1.54, 1.807) is 41.0 Å². The number of aryl methyl sites for hydroxylation is 1. The van der Waals surface area contributed by atoms with Crippen LogP contribution in [0.25, 0.3) is 0 Å². The number of amides is 3. The zero-order valence-corrected chi connectivity index (χ0v) is 25.4. The van der Waals surface area contributed by atoms with Gasteiger partial charge in [0.1, 0.15) is 17.7 Å². The molecule has 3 N–H and O–H groups in total. The predicted octanol–water partition coefficient (Wildman–Crippen LogP) is 4.24. The van der Waals surface area contributed by atoms with Crippen molar-refractivity contribution in [2.45, 2.75) is 58.2 Å². The summed E-state index contributed by atoms with van der Waals surface area (Å²) in [6, 6.07) is 14.7. The van der Waals surface area contributed by atoms with Crippen LogP contribution >= 0.6 is 0 Å². The molecule has 0 spiro atoms. The number of piperazine rings is 1. The van der Waals surface area contributed by atoms with E-state index in [4.69, 9.17) is 0 Å². The van der Waals surface area contributed by atoms with E-state index in [9.17, 15) is 28.3 Å². The van der Waals surface area contributed by atoms with E-state index < -0.39 is 41.6 Å². The number of rotatable bonds is 12. The molecule has 0 radical (unpaired) electrons. The molecular formula is C34H40F2N4O4. The molecule has 1 aliphatic rings. The van der Waals surface area contributed by atoms with E-state index in [0.717, 1.165) is 31.0 Å². The normalized spacial score (nSPS) is 16.4. The highest BCUT2D eigenvalue weighted by atomic mass is 19.1. The summed E-state index contributed by atoms with van der Waals surface area (Å²) in [4.78, 5) is 43.8. The summed E-state index contributed by atoms with van der Waals surface area (Å²) in [5.74, 6) is -2.77. The van der Waals surface area contributed by atoms with Crippen molar-refractivity contribution in [1.29, 1.82) is 0 Å². The summed E-state index contributed by atoms with van der Waals surface area (Å²) in [6.07, 6.45) is -0.0297. The average Bonchev–Trinajstić information content (AvgIpc) is 2.99. The van der Waals surface area contributed by atoms with Crippen LogP contribution in [0.15, 0.2) is 66.7 Å². The van der Waals surface area contributed by atoms with E-state index in [0.29, 0.717) is 43.0 Å². The molecule has 1 saturated heterocycles. The first-order chi connectivity index (χ1) is 21.1. The minimum Gasteiger partial charge on any atom is -0.389 e. The van der Waals surface area contributed by atoms with Gasteiger partial charge in [0.15, 0.2) is 0 Å². The Kier molecular flexibility index (Phi) is 11.2. The molecule has 0 aromatic heterocycles. The zero-order chi connectivity index (χ0) is 31.8. The van der Waals surface area contributed by atoms with Gasteiger partial charge < -0.3 is 25.5 Å². The number of para-hydroxylation sites is 1. The smallest absolute Gasteiger partial charge is 0.253 e. The highest BCUT2D eigenvalue weighted by molar-refractivity contribution is 6.01. The molecular weight excluding hydrogens is 566 g/mol. The van der Waals surface area contributed by atoms with Gasteiger partial charge in [0.2, 0.25) is 5.91 Å². The van der Waals surface area contributed by atoms with Gasteiger partial charge in [0.05, 0.1) is 12.1 Å². The number of hydrogen-bond donors (Lipinski definition) is 3. The number of carbonyl (C=O) groups is 3. The van der Waals surface area contributed by atoms with Crippen LogP contribution in [-0.2, 0) is 11.2 Å². The largest absolute Gasteiger partial charge is 0.389 e. The van der Waals surface area contributed by atoms with Crippen LogP contribution in [0.2, 0.25) is 0 Å². The lowest BCUT2D eigenvalue weighted by Gasteiger charge is -2.38. The maximum absolute atomic E-state index is 14.1. The number of nitrogens with one attached hydrogen (secondary N) is 2. The molecule has 3 amide bonds. The van der Waals surface area contributed by atoms with E-state index in [-0.39, 0.29) is 23.5 Å². The molecule has 44 heavy (non-hydrogen) atoms. The summed E-state index contributed by atoms with van der Waals surface area (Å²) in [5.41, 5.74) is 2.12. The number of anilines is 1. The lowest BCUT2D eigenvalue weighted by atomic mass is 9.93. The Labute approximate surface area is 257 Å². The summed E-state index contributed by atoms with van der Waals surface area (Å²) >= 11 is 0. The third-order valence-corrected chi connectivity index (χ3v) is 7.61. The average molecular weight is 607 g/mol. The Hall–Kier alpha value is -4.15. The van der Waals surface area contributed by atoms with Gasteiger partial charge in [0.25, 0.3) is 11.8 Å². The van der Waals surface area contributed by atoms with E-state index in [1.807, 2.05) is 32.0 Å². The van der Waals surface area contributed by atoms with Crippen molar-refractivity contribution >= 4 is 23.4 Å². The molecule has 234 valence electrons. The Morgan fingerprint density at radius 3 is 2.27 bits per heavy atom. The third-order valence-electron chi connectivity index (χ3n) is 7.61. The van der Waals surface area contributed by atoms with E-state index in [2.05, 4.69) is 10.6 Å². The van der Waals surface area contributed by atoms with Gasteiger partial charge in [-0.15, -0.1) is 0 Å². The van der Waals surface area contributed by atoms with Gasteiger partial charge in [-0.2, -0.15) is 0 Å². The van der Waals surface area contributed by atoms with Gasteiger partial charge in [-0.3, -0.25) is 14.4 Å². The van der Waals surface area contributed by atoms with Crippen molar-refractivity contribution in [1.82, 2.24) is 15.5 Å². The van der Waals surface area contributed by atoms with E-state index >= 15 is 0 Å². The van der Waals surface area contributed by atoms with Crippen LogP contribution < -0.4 is 15.5 Å². The summed E-state index contributed by atoms with van der Waals surface area (Å²) < 4.78 is 28.2. The molecule has 3 atom stereocenters. The lowest BCUT2D eigenvalue weighted by Crippen LogP contribution is -2.64. The second-order valence-corrected chi connectivity index (χ2v) is 11.2. The van der Waals surface area contributed by atoms with E-state index in [1.165, 1.54) is 6.07 Å². The number of aliphatic hydroxyl groups excluding tert-OH is 1. The lowest BCUT2D eigenvalue weighted by molar-refractivity contribution is -0.125. The fourth-order valence-corrected chi connectivity index (χ4v) is 5.63. The first-order valence-electron chi connectivity index (χ1n) is 15.1. The molecule has 3 aromatic rings. The van der Waals surface area contributed by atoms with Crippen molar-refractivity contribution in [3.8, 4) is 0 Å². The van der Waals surface area contributed by atoms with Gasteiger partial charge in [0, 0.05) is 49.1 Å². The first kappa shape index (κ1) is 32.8. The summed E-state index contributed by atoms with van der Waals surface area (Å²) in [7, 11) is 0. The van der Waals surface area contributed by atoms with Crippen molar-refractivity contribution in [3.05, 3.63) is 101 Å². The molecule has 0 saturated carbocycles. The van der Waals surface area contributed by atoms with Crippen LogP contribution in [0.1, 0.15) is 58.5 Å². The number of carbonyl (C=O) groups excluding carboxylic acids is 3. The molecule has 0 aliphatic carbocycles. The van der Waals surface area contributed by atoms with Crippen LogP contribution in [0.3, 0.4) is 0 Å². The number of hydrogen-bond acceptors (Lipinski definition) is 5. The van der Waals surface area contributed by atoms with Crippen LogP contribution in [-0.4, -0.2) is 72.1 Å². The minimum absolute atomic E-state index is 0.156. The maximum Gasteiger partial charge on any atom is 0.253 e. The van der Waals surface area contributed by atoms with Gasteiger partial charge >= 0.3 is 0 Å². The number of aliphatic hydroxyl groups is 1. The highest BCUT2D eigenvalue weighted by Crippen LogP contribution is 2.21. The zero-order valence-electron chi connectivity index (χ0n) is 25.4. The summed E-state index contributed by atoms with van der Waals surface area (Å²) in [6.45, 7) is 7.70. The Morgan fingerprint density at radius 1 is 1.00 bits per heavy atom. The molecule has 10 heteroatoms. The molecule has 1 heterocycles. The number of halogens is 2. The van der Waals surface area contributed by atoms with Crippen LogP contribution in [0, 0.1) is 18.6 Å². The Bertz CT molecular complexity index is 1440. The van der Waals surface area contributed by atoms with Gasteiger partial charge in [-0.25, -0.2) is 8.78 Å². The van der Waals surface area contributed by atoms with Gasteiger partial charge in [-0.1, -0.05) is 32.0 Å². The monoisotopic (exact) mass is 606 g/mol. The third kappa shape index (κ3) is 8.06. The molecule has 1 aliphatic heterocycles. The van der Waals surface area contributed by atoms with Crippen molar-refractivity contribution in [3.63, 3.8) is 0 Å². The standard InChI is InChI=1S/C34H40F2N4O4/c1-4-12-39(13-5-2)33(43)25-16-22(3)15-24(20-25)32(42)38-29(19-23-17-26(35)21-27(36)18-23)31(41)30-34(44)40(14-11-37-30)28-9-7-6-8-10-28/h6-10,15-18,20-21,29-31,37,41H,4-5,11-14,19H2,1-3H3,(H,38,42)/t29-,30-,31-/m0/s1. The molecule has 0 unspecified atom stereocenters. The molecule has 4 rings (SSSR count). The molecule has 1 fully saturated rings. The first-order valence-corrected chi connectivity index (χ1v) is 15.1. The quantitative estimate of drug-likeness (QED) is 0.286. The summed E-state index contributed by atoms with van der Waals surface area (Å²) in [5, 5.41) is 17.4. The SMILES string of the molecule is CCCN(CCC)C(=O)c1cc(C)cc(C(=O)N[C@@H](Cc2cc(F)cc(F)c2)[C@H](O)[C@@H]2NCCN(c3ccccc3)C2=O)c1. The van der Waals surface area contributed by atoms with Crippen molar-refractivity contribution in [2.75, 3.05) is 31.1 Å². The number of nitrogens with zero attached hydrogens (tertiary/aromatic N) is 2. The maximum atomic E-state index is 14.1. The van der Waals surface area contributed by atoms with Crippen molar-refractivity contribution in [2.24, 2.45) is 0 Å². The van der Waals surface area contributed by atoms with Crippen LogP contribution in [0.5, 0.6) is 0 Å². The highest BCUT2D eigenvalue weighted by Gasteiger charge is 2.39. The molecule has 0 bridgehead atoms. The Morgan fingerprint density at radius 2 is 1.64 bits per heavy atom. The van der Waals surface area contributed by atoms with Crippen LogP contribution in [0.4, 0.5) is 14.5 Å².